The maximum Gasteiger partial charge on any atom is 0.126 e. The second-order valence-electron chi connectivity index (χ2n) is 8.19. The third kappa shape index (κ3) is 9.73. The van der Waals surface area contributed by atoms with Gasteiger partial charge in [0.15, 0.2) is 0 Å². The Morgan fingerprint density at radius 3 is 2.19 bits per heavy atom. The Labute approximate surface area is 192 Å². The fraction of sp³-hybridized carbons (Fsp3) is 0.407. The first-order chi connectivity index (χ1) is 14.7. The second kappa shape index (κ2) is 13.5. The highest BCUT2D eigenvalue weighted by Crippen LogP contribution is 2.31. The minimum Gasteiger partial charge on any atom is -0.508 e. The van der Waals surface area contributed by atoms with Crippen LogP contribution >= 0.6 is 11.6 Å². The summed E-state index contributed by atoms with van der Waals surface area (Å²) in [6.07, 6.45) is 4.42. The number of phenolic OH excluding ortho intramolecular Hbond substituents is 1. The van der Waals surface area contributed by atoms with Gasteiger partial charge in [0, 0.05) is 11.1 Å². The van der Waals surface area contributed by atoms with Gasteiger partial charge in [-0.1, -0.05) is 57.1 Å². The summed E-state index contributed by atoms with van der Waals surface area (Å²) in [4.78, 5) is 9.44. The molecule has 2 aromatic rings. The summed E-state index contributed by atoms with van der Waals surface area (Å²) in [6, 6.07) is 12.8. The molecule has 0 aliphatic heterocycles. The van der Waals surface area contributed by atoms with Crippen molar-refractivity contribution in [1.29, 1.82) is 5.26 Å². The molecule has 0 radical (unpaired) electrons. The number of nitrogens with zero attached hydrogens (tertiary/aromatic N) is 1. The van der Waals surface area contributed by atoms with E-state index < -0.39 is 0 Å². The molecule has 0 heterocycles. The van der Waals surface area contributed by atoms with E-state index in [0.717, 1.165) is 36.8 Å². The summed E-state index contributed by atoms with van der Waals surface area (Å²) < 4.78 is 0. The summed E-state index contributed by atoms with van der Waals surface area (Å²) >= 11 is 6.17. The molecule has 3 nitrogen and oxygen atoms in total. The third-order valence-corrected chi connectivity index (χ3v) is 4.95. The number of carbonyl (C=O) groups excluding carboxylic acids is 1. The molecule has 31 heavy (non-hydrogen) atoms. The number of aromatic hydroxyl groups is 1. The zero-order valence-corrected chi connectivity index (χ0v) is 19.9. The van der Waals surface area contributed by atoms with Crippen molar-refractivity contribution in [3.8, 4) is 23.7 Å². The number of rotatable bonds is 6. The average molecular weight is 438 g/mol. The van der Waals surface area contributed by atoms with E-state index in [1.165, 1.54) is 19.9 Å². The van der Waals surface area contributed by atoms with Crippen LogP contribution in [0.25, 0.3) is 0 Å². The summed E-state index contributed by atoms with van der Waals surface area (Å²) in [5, 5.41) is 19.3. The average Bonchev–Trinajstić information content (AvgIpc) is 2.70. The molecule has 0 aromatic heterocycles. The molecule has 0 spiro atoms. The number of Topliss-reactive ketones (excluding diaryl/α,β-unsaturated/α-hetero) is 1. The molecule has 0 fully saturated rings. The maximum atomic E-state index is 9.50. The Hall–Kier alpha value is -2.75. The van der Waals surface area contributed by atoms with Crippen LogP contribution in [0.4, 0.5) is 0 Å². The normalized spacial score (nSPS) is 10.9. The van der Waals surface area contributed by atoms with Crippen LogP contribution in [-0.2, 0) is 4.79 Å². The predicted molar refractivity (Wildman–Crippen MR) is 128 cm³/mol. The molecule has 0 bridgehead atoms. The molecule has 1 unspecified atom stereocenters. The Bertz CT molecular complexity index is 973. The molecule has 164 valence electrons. The van der Waals surface area contributed by atoms with Crippen LogP contribution in [0.3, 0.4) is 0 Å². The third-order valence-electron chi connectivity index (χ3n) is 4.63. The van der Waals surface area contributed by atoms with Crippen LogP contribution in [-0.4, -0.2) is 10.9 Å². The lowest BCUT2D eigenvalue weighted by Crippen LogP contribution is -2.04. The Balaban J connectivity index is 0.00000110. The molecule has 1 N–H and O–H groups in total. The highest BCUT2D eigenvalue weighted by molar-refractivity contribution is 6.31. The summed E-state index contributed by atoms with van der Waals surface area (Å²) in [5.41, 5.74) is 3.45. The monoisotopic (exact) mass is 437 g/mol. The number of ketones is 1. The minimum absolute atomic E-state index is 0.126. The highest BCUT2D eigenvalue weighted by Gasteiger charge is 2.16. The topological polar surface area (TPSA) is 61.1 Å². The van der Waals surface area contributed by atoms with Gasteiger partial charge in [-0.3, -0.25) is 0 Å². The van der Waals surface area contributed by atoms with Gasteiger partial charge < -0.3 is 9.90 Å². The van der Waals surface area contributed by atoms with Gasteiger partial charge >= 0.3 is 0 Å². The van der Waals surface area contributed by atoms with Gasteiger partial charge in [0.05, 0.1) is 16.7 Å². The number of phenols is 1. The number of benzene rings is 2. The van der Waals surface area contributed by atoms with Crippen LogP contribution in [0.1, 0.15) is 88.5 Å². The fourth-order valence-electron chi connectivity index (χ4n) is 3.16. The van der Waals surface area contributed by atoms with Crippen molar-refractivity contribution in [2.75, 3.05) is 0 Å². The van der Waals surface area contributed by atoms with E-state index in [1.807, 2.05) is 18.2 Å². The lowest BCUT2D eigenvalue weighted by atomic mass is 9.84. The van der Waals surface area contributed by atoms with Crippen molar-refractivity contribution in [2.24, 2.45) is 5.92 Å². The molecule has 1 atom stereocenters. The molecular formula is C27H32ClNO2. The largest absolute Gasteiger partial charge is 0.508 e. The summed E-state index contributed by atoms with van der Waals surface area (Å²) in [6.45, 7) is 9.72. The molecule has 0 aliphatic carbocycles. The molecule has 0 saturated carbocycles. The SMILES string of the molecule is CC(C)=O.CCCC(CCC(C)C)c1cc(C#N)ccc1C#Cc1ccc(O)cc1Cl. The quantitative estimate of drug-likeness (QED) is 0.484. The first kappa shape index (κ1) is 26.3. The fourth-order valence-corrected chi connectivity index (χ4v) is 3.38. The molecule has 2 aromatic carbocycles. The molecular weight excluding hydrogens is 406 g/mol. The van der Waals surface area contributed by atoms with Crippen LogP contribution in [0.5, 0.6) is 5.75 Å². The van der Waals surface area contributed by atoms with Gasteiger partial charge in [0.1, 0.15) is 11.5 Å². The predicted octanol–water partition coefficient (Wildman–Crippen LogP) is 7.23. The van der Waals surface area contributed by atoms with E-state index in [0.29, 0.717) is 28.0 Å². The first-order valence-electron chi connectivity index (χ1n) is 10.7. The Kier molecular flexibility index (Phi) is 11.5. The summed E-state index contributed by atoms with van der Waals surface area (Å²) in [7, 11) is 0. The van der Waals surface area contributed by atoms with E-state index in [2.05, 4.69) is 38.7 Å². The van der Waals surface area contributed by atoms with Gasteiger partial charge in [-0.25, -0.2) is 0 Å². The maximum absolute atomic E-state index is 9.50. The second-order valence-corrected chi connectivity index (χ2v) is 8.60. The molecule has 4 heteroatoms. The van der Waals surface area contributed by atoms with Crippen molar-refractivity contribution in [3.63, 3.8) is 0 Å². The standard InChI is InChI=1S/C24H26ClNO.C3H6O/c1-4-5-19(8-6-17(2)3)23-14-18(16-26)7-9-20(23)10-11-21-12-13-22(27)15-24(21)25;1-3(2)4/h7,9,12-15,17,19,27H,4-6,8H2,1-3H3;1-2H3. The number of hydrogen-bond donors (Lipinski definition) is 1. The zero-order chi connectivity index (χ0) is 23.4. The van der Waals surface area contributed by atoms with E-state index in [-0.39, 0.29) is 11.5 Å². The van der Waals surface area contributed by atoms with Gasteiger partial charge in [-0.15, -0.1) is 0 Å². The van der Waals surface area contributed by atoms with Crippen LogP contribution in [0.2, 0.25) is 5.02 Å². The van der Waals surface area contributed by atoms with E-state index in [1.54, 1.807) is 12.1 Å². The molecule has 0 saturated heterocycles. The van der Waals surface area contributed by atoms with E-state index >= 15 is 0 Å². The van der Waals surface area contributed by atoms with Crippen molar-refractivity contribution >= 4 is 17.4 Å². The molecule has 2 rings (SSSR count). The first-order valence-corrected chi connectivity index (χ1v) is 11.1. The Morgan fingerprint density at radius 1 is 1.03 bits per heavy atom. The van der Waals surface area contributed by atoms with E-state index in [9.17, 15) is 15.2 Å². The van der Waals surface area contributed by atoms with Gasteiger partial charge in [-0.2, -0.15) is 5.26 Å². The number of halogens is 1. The lowest BCUT2D eigenvalue weighted by molar-refractivity contribution is -0.114. The number of hydrogen-bond acceptors (Lipinski definition) is 3. The number of nitriles is 1. The van der Waals surface area contributed by atoms with Gasteiger partial charge in [-0.05, 0) is 80.5 Å². The van der Waals surface area contributed by atoms with Crippen molar-refractivity contribution in [1.82, 2.24) is 0 Å². The number of carbonyl (C=O) groups is 1. The van der Waals surface area contributed by atoms with Gasteiger partial charge in [0.25, 0.3) is 0 Å². The van der Waals surface area contributed by atoms with Crippen LogP contribution in [0.15, 0.2) is 36.4 Å². The van der Waals surface area contributed by atoms with Gasteiger partial charge in [0.2, 0.25) is 0 Å². The van der Waals surface area contributed by atoms with Crippen LogP contribution < -0.4 is 0 Å². The zero-order valence-electron chi connectivity index (χ0n) is 19.1. The highest BCUT2D eigenvalue weighted by atomic mass is 35.5. The van der Waals surface area contributed by atoms with Crippen molar-refractivity contribution < 1.29 is 9.90 Å². The Morgan fingerprint density at radius 2 is 1.65 bits per heavy atom. The molecule has 0 amide bonds. The van der Waals surface area contributed by atoms with Crippen LogP contribution in [0, 0.1) is 29.1 Å². The lowest BCUT2D eigenvalue weighted by Gasteiger charge is -2.20. The molecule has 0 aliphatic rings. The van der Waals surface area contributed by atoms with Crippen molar-refractivity contribution in [3.05, 3.63) is 63.7 Å². The smallest absolute Gasteiger partial charge is 0.126 e. The van der Waals surface area contributed by atoms with Crippen molar-refractivity contribution in [2.45, 2.75) is 66.2 Å². The van der Waals surface area contributed by atoms with E-state index in [4.69, 9.17) is 11.6 Å². The summed E-state index contributed by atoms with van der Waals surface area (Å²) in [5.74, 6) is 7.70. The minimum atomic E-state index is 0.126.